The first-order valence-electron chi connectivity index (χ1n) is 15.3. The van der Waals surface area contributed by atoms with Crippen LogP contribution < -0.4 is 10.2 Å². The molecule has 2 saturated heterocycles. The number of aromatic nitrogens is 1. The Labute approximate surface area is 264 Å². The number of hydrogen-bond donors (Lipinski definition) is 4. The molecule has 12 heteroatoms. The fourth-order valence-electron chi connectivity index (χ4n) is 6.37. The molecule has 1 spiro atoms. The number of morpholine rings is 1. The van der Waals surface area contributed by atoms with Crippen LogP contribution in [0.15, 0.2) is 45.6 Å². The van der Waals surface area contributed by atoms with Crippen molar-refractivity contribution in [2.45, 2.75) is 51.4 Å². The van der Waals surface area contributed by atoms with Crippen LogP contribution in [0.1, 0.15) is 57.5 Å². The van der Waals surface area contributed by atoms with Crippen LogP contribution in [0.2, 0.25) is 0 Å². The fraction of sp³-hybridized carbons (Fsp3) is 0.455. The summed E-state index contributed by atoms with van der Waals surface area (Å²) >= 11 is 0.952. The Bertz CT molecular complexity index is 1720. The molecule has 2 aliphatic rings. The SMILES string of the molecule is Cc1cc(C(=O)N2CCOC3(CCN(Cc4cc(F)cc(CCNCC(O)c5ccc(O)c6[nH]c(=O)sc56)c4)CC3)C2)oc1C. The second kappa shape index (κ2) is 13.1. The van der Waals surface area contributed by atoms with Crippen molar-refractivity contribution in [1.29, 1.82) is 0 Å². The van der Waals surface area contributed by atoms with Crippen molar-refractivity contribution in [3.8, 4) is 5.75 Å². The summed E-state index contributed by atoms with van der Waals surface area (Å²) in [5.74, 6) is 0.732. The summed E-state index contributed by atoms with van der Waals surface area (Å²) in [6, 6.07) is 10.0. The first-order valence-corrected chi connectivity index (χ1v) is 16.2. The zero-order chi connectivity index (χ0) is 31.7. The summed E-state index contributed by atoms with van der Waals surface area (Å²) in [7, 11) is 0. The van der Waals surface area contributed by atoms with Crippen molar-refractivity contribution in [2.24, 2.45) is 0 Å². The number of aryl methyl sites for hydroxylation is 2. The Morgan fingerprint density at radius 3 is 2.69 bits per heavy atom. The van der Waals surface area contributed by atoms with Gasteiger partial charge in [0.25, 0.3) is 5.91 Å². The van der Waals surface area contributed by atoms with E-state index in [1.807, 2.05) is 24.8 Å². The van der Waals surface area contributed by atoms with Gasteiger partial charge in [0.15, 0.2) is 5.76 Å². The topological polar surface area (TPSA) is 131 Å². The van der Waals surface area contributed by atoms with Gasteiger partial charge in [-0.2, -0.15) is 0 Å². The van der Waals surface area contributed by atoms with Gasteiger partial charge in [-0.25, -0.2) is 4.39 Å². The van der Waals surface area contributed by atoms with Crippen LogP contribution in [0.5, 0.6) is 5.75 Å². The average Bonchev–Trinajstić information content (AvgIpc) is 3.57. The molecule has 0 radical (unpaired) electrons. The largest absolute Gasteiger partial charge is 0.506 e. The molecule has 1 unspecified atom stereocenters. The highest BCUT2D eigenvalue weighted by Crippen LogP contribution is 2.33. The number of carbonyl (C=O) groups is 1. The number of aromatic amines is 1. The van der Waals surface area contributed by atoms with Crippen LogP contribution in [-0.2, 0) is 17.7 Å². The first kappa shape index (κ1) is 31.4. The van der Waals surface area contributed by atoms with Gasteiger partial charge in [0, 0.05) is 38.3 Å². The number of phenols is 1. The third-order valence-electron chi connectivity index (χ3n) is 8.98. The molecule has 2 aliphatic heterocycles. The van der Waals surface area contributed by atoms with E-state index in [-0.39, 0.29) is 34.5 Å². The number of aliphatic hydroxyl groups excluding tert-OH is 1. The van der Waals surface area contributed by atoms with Gasteiger partial charge in [0.2, 0.25) is 0 Å². The molecule has 2 aromatic carbocycles. The minimum absolute atomic E-state index is 0.0325. The highest BCUT2D eigenvalue weighted by molar-refractivity contribution is 7.16. The lowest BCUT2D eigenvalue weighted by molar-refractivity contribution is -0.128. The third kappa shape index (κ3) is 7.00. The third-order valence-corrected chi connectivity index (χ3v) is 9.91. The van der Waals surface area contributed by atoms with Crippen LogP contribution in [0.4, 0.5) is 4.39 Å². The van der Waals surface area contributed by atoms with Gasteiger partial charge in [0.05, 0.1) is 29.6 Å². The number of aromatic hydroxyl groups is 1. The molecular weight excluding hydrogens is 599 g/mol. The first-order chi connectivity index (χ1) is 21.6. The van der Waals surface area contributed by atoms with E-state index in [4.69, 9.17) is 9.15 Å². The maximum atomic E-state index is 14.6. The van der Waals surface area contributed by atoms with Gasteiger partial charge >= 0.3 is 4.87 Å². The Morgan fingerprint density at radius 2 is 1.93 bits per heavy atom. The van der Waals surface area contributed by atoms with E-state index in [9.17, 15) is 24.2 Å². The number of likely N-dealkylation sites (tertiary alicyclic amines) is 1. The number of aliphatic hydroxyl groups is 1. The lowest BCUT2D eigenvalue weighted by Crippen LogP contribution is -2.57. The molecule has 6 rings (SSSR count). The number of nitrogens with one attached hydrogen (secondary N) is 2. The lowest BCUT2D eigenvalue weighted by atomic mass is 9.89. The molecule has 0 saturated carbocycles. The predicted molar refractivity (Wildman–Crippen MR) is 169 cm³/mol. The van der Waals surface area contributed by atoms with Crippen LogP contribution in [0, 0.1) is 19.7 Å². The molecule has 10 nitrogen and oxygen atoms in total. The monoisotopic (exact) mass is 638 g/mol. The second-order valence-electron chi connectivity index (χ2n) is 12.2. The number of halogens is 1. The van der Waals surface area contributed by atoms with Crippen molar-refractivity contribution >= 4 is 27.5 Å². The molecule has 4 N–H and O–H groups in total. The van der Waals surface area contributed by atoms with Crippen LogP contribution in [-0.4, -0.2) is 82.4 Å². The molecular formula is C33H39FN4O6S. The molecule has 0 bridgehead atoms. The Balaban J connectivity index is 0.993. The van der Waals surface area contributed by atoms with Crippen molar-refractivity contribution in [2.75, 3.05) is 45.9 Å². The number of carbonyl (C=O) groups excluding carboxylic acids is 1. The highest BCUT2D eigenvalue weighted by Gasteiger charge is 2.41. The number of phenolic OH excluding ortho intramolecular Hbond substituents is 1. The highest BCUT2D eigenvalue weighted by atomic mass is 32.1. The summed E-state index contributed by atoms with van der Waals surface area (Å²) in [5.41, 5.74) is 3.25. The summed E-state index contributed by atoms with van der Waals surface area (Å²) in [4.78, 5) is 31.3. The number of fused-ring (bicyclic) bond motifs is 1. The predicted octanol–water partition coefficient (Wildman–Crippen LogP) is 4.02. The quantitative estimate of drug-likeness (QED) is 0.202. The van der Waals surface area contributed by atoms with Gasteiger partial charge in [-0.05, 0) is 80.6 Å². The smallest absolute Gasteiger partial charge is 0.305 e. The van der Waals surface area contributed by atoms with Crippen molar-refractivity contribution in [3.63, 3.8) is 0 Å². The zero-order valence-electron chi connectivity index (χ0n) is 25.5. The number of thiazole rings is 1. The van der Waals surface area contributed by atoms with Gasteiger partial charge in [-0.1, -0.05) is 23.5 Å². The standard InChI is InChI=1S/C33H39FN4O6S/c1-20-13-28(44-21(20)2)31(41)38-11-12-43-33(19-38)6-9-37(10-7-33)18-23-14-22(15-24(34)16-23)5-8-35-17-27(40)25-3-4-26(39)29-30(25)45-32(42)36-29/h3-4,13-16,27,35,39-40H,5-12,17-19H2,1-2H3,(H,36,42). The number of hydrogen-bond acceptors (Lipinski definition) is 9. The van der Waals surface area contributed by atoms with Crippen LogP contribution in [0.25, 0.3) is 10.2 Å². The summed E-state index contributed by atoms with van der Waals surface area (Å²) in [6.07, 6.45) is 1.28. The second-order valence-corrected chi connectivity index (χ2v) is 13.2. The van der Waals surface area contributed by atoms with Crippen molar-refractivity contribution in [3.05, 3.63) is 85.7 Å². The van der Waals surface area contributed by atoms with E-state index < -0.39 is 6.10 Å². The van der Waals surface area contributed by atoms with Crippen molar-refractivity contribution in [1.82, 2.24) is 20.1 Å². The van der Waals surface area contributed by atoms with Crippen LogP contribution in [0.3, 0.4) is 0 Å². The van der Waals surface area contributed by atoms with Gasteiger partial charge in [-0.15, -0.1) is 0 Å². The Hall–Kier alpha value is -3.55. The Kier molecular flexibility index (Phi) is 9.12. The Morgan fingerprint density at radius 1 is 1.16 bits per heavy atom. The molecule has 0 aliphatic carbocycles. The van der Waals surface area contributed by atoms with Gasteiger partial charge < -0.3 is 34.6 Å². The maximum Gasteiger partial charge on any atom is 0.305 e. The lowest BCUT2D eigenvalue weighted by Gasteiger charge is -2.47. The van der Waals surface area contributed by atoms with E-state index >= 15 is 0 Å². The number of ether oxygens (including phenoxy) is 1. The molecule has 1 atom stereocenters. The molecule has 2 aromatic heterocycles. The van der Waals surface area contributed by atoms with E-state index in [1.165, 1.54) is 12.1 Å². The number of furan rings is 1. The molecule has 4 heterocycles. The molecule has 2 fully saturated rings. The minimum Gasteiger partial charge on any atom is -0.506 e. The van der Waals surface area contributed by atoms with E-state index in [0.29, 0.717) is 60.7 Å². The van der Waals surface area contributed by atoms with Crippen molar-refractivity contribution < 1.29 is 28.6 Å². The normalized spacial score (nSPS) is 17.7. The number of amides is 1. The average molecular weight is 639 g/mol. The van der Waals surface area contributed by atoms with E-state index in [2.05, 4.69) is 15.2 Å². The molecule has 4 aromatic rings. The molecule has 45 heavy (non-hydrogen) atoms. The van der Waals surface area contributed by atoms with Gasteiger partial charge in [0.1, 0.15) is 22.8 Å². The van der Waals surface area contributed by atoms with Crippen LogP contribution >= 0.6 is 11.3 Å². The summed E-state index contributed by atoms with van der Waals surface area (Å²) < 4.78 is 27.1. The van der Waals surface area contributed by atoms with Gasteiger partial charge in [-0.3, -0.25) is 14.5 Å². The number of H-pyrrole nitrogens is 1. The van der Waals surface area contributed by atoms with E-state index in [1.54, 1.807) is 18.2 Å². The minimum atomic E-state index is -0.873. The number of benzene rings is 2. The maximum absolute atomic E-state index is 14.6. The number of rotatable bonds is 9. The molecule has 1 amide bonds. The van der Waals surface area contributed by atoms with E-state index in [0.717, 1.165) is 59.7 Å². The number of piperidine rings is 1. The summed E-state index contributed by atoms with van der Waals surface area (Å²) in [5, 5.41) is 23.9. The zero-order valence-corrected chi connectivity index (χ0v) is 26.3. The number of nitrogens with zero attached hydrogens (tertiary/aromatic N) is 2. The molecule has 240 valence electrons. The summed E-state index contributed by atoms with van der Waals surface area (Å²) in [6.45, 7) is 8.33. The fourth-order valence-corrected chi connectivity index (χ4v) is 7.29.